The average Bonchev–Trinajstić information content (AvgIpc) is 3.29. The number of nitrogens with zero attached hydrogens (tertiary/aromatic N) is 3. The molecule has 0 aliphatic carbocycles. The van der Waals surface area contributed by atoms with Crippen LogP contribution in [0.4, 0.5) is 0 Å². The van der Waals surface area contributed by atoms with E-state index in [1.807, 2.05) is 36.4 Å². The summed E-state index contributed by atoms with van der Waals surface area (Å²) >= 11 is 0. The van der Waals surface area contributed by atoms with Crippen molar-refractivity contribution in [2.24, 2.45) is 5.73 Å². The van der Waals surface area contributed by atoms with Crippen LogP contribution in [0.3, 0.4) is 0 Å². The highest BCUT2D eigenvalue weighted by molar-refractivity contribution is 7.89. The number of rotatable bonds is 6. The molecule has 0 unspecified atom stereocenters. The van der Waals surface area contributed by atoms with Gasteiger partial charge in [0.2, 0.25) is 10.0 Å². The molecular weight excluding hydrogens is 412 g/mol. The fourth-order valence-corrected chi connectivity index (χ4v) is 4.02. The smallest absolute Gasteiger partial charge is 0.242 e. The Balaban J connectivity index is 1.61. The molecule has 0 saturated heterocycles. The number of hydrogen-bond acceptors (Lipinski definition) is 6. The van der Waals surface area contributed by atoms with E-state index in [2.05, 4.69) is 10.1 Å². The van der Waals surface area contributed by atoms with E-state index in [0.717, 1.165) is 33.5 Å². The second-order valence-electron chi connectivity index (χ2n) is 7.25. The molecule has 0 aliphatic heterocycles. The van der Waals surface area contributed by atoms with E-state index >= 15 is 0 Å². The standard InChI is InChI=1S/C23H22N4O3S/c1-27(2)31(28,29)21-9-7-17(8-10-21)19-11-20(15-25-14-19)23-12-22(26-30-23)18-5-3-16(13-24)4-6-18/h3-12,14-15H,13,24H2,1-2H3. The van der Waals surface area contributed by atoms with E-state index in [0.29, 0.717) is 12.3 Å². The third kappa shape index (κ3) is 4.27. The Kier molecular flexibility index (Phi) is 5.69. The second-order valence-corrected chi connectivity index (χ2v) is 9.40. The highest BCUT2D eigenvalue weighted by Gasteiger charge is 2.17. The largest absolute Gasteiger partial charge is 0.356 e. The van der Waals surface area contributed by atoms with Crippen LogP contribution in [0.1, 0.15) is 5.56 Å². The third-order valence-electron chi connectivity index (χ3n) is 4.98. The lowest BCUT2D eigenvalue weighted by Crippen LogP contribution is -2.22. The van der Waals surface area contributed by atoms with Crippen LogP contribution in [0.25, 0.3) is 33.7 Å². The maximum atomic E-state index is 12.3. The lowest BCUT2D eigenvalue weighted by molar-refractivity contribution is 0.435. The third-order valence-corrected chi connectivity index (χ3v) is 6.81. The topological polar surface area (TPSA) is 102 Å². The number of hydrogen-bond donors (Lipinski definition) is 1. The van der Waals surface area contributed by atoms with Crippen LogP contribution in [0.2, 0.25) is 0 Å². The molecule has 2 heterocycles. The van der Waals surface area contributed by atoms with E-state index < -0.39 is 10.0 Å². The predicted molar refractivity (Wildman–Crippen MR) is 119 cm³/mol. The van der Waals surface area contributed by atoms with Gasteiger partial charge in [0.15, 0.2) is 5.76 Å². The van der Waals surface area contributed by atoms with E-state index in [9.17, 15) is 8.42 Å². The highest BCUT2D eigenvalue weighted by Crippen LogP contribution is 2.29. The summed E-state index contributed by atoms with van der Waals surface area (Å²) in [5.41, 5.74) is 10.8. The Morgan fingerprint density at radius 1 is 0.871 bits per heavy atom. The molecule has 0 fully saturated rings. The number of benzene rings is 2. The zero-order valence-electron chi connectivity index (χ0n) is 17.2. The number of nitrogens with two attached hydrogens (primary N) is 1. The van der Waals surface area contributed by atoms with Gasteiger partial charge in [-0.05, 0) is 29.3 Å². The first-order valence-corrected chi connectivity index (χ1v) is 11.1. The molecule has 0 bridgehead atoms. The first-order valence-electron chi connectivity index (χ1n) is 9.63. The van der Waals surface area contributed by atoms with Gasteiger partial charge in [0.25, 0.3) is 0 Å². The monoisotopic (exact) mass is 434 g/mol. The molecule has 4 rings (SSSR count). The lowest BCUT2D eigenvalue weighted by Gasteiger charge is -2.11. The molecule has 0 saturated carbocycles. The molecular formula is C23H22N4O3S. The van der Waals surface area contributed by atoms with Crippen molar-refractivity contribution in [3.05, 3.63) is 78.6 Å². The van der Waals surface area contributed by atoms with Gasteiger partial charge >= 0.3 is 0 Å². The van der Waals surface area contributed by atoms with Crippen molar-refractivity contribution >= 4 is 10.0 Å². The fourth-order valence-electron chi connectivity index (χ4n) is 3.12. The quantitative estimate of drug-likeness (QED) is 0.495. The van der Waals surface area contributed by atoms with Crippen LogP contribution in [0.15, 0.2) is 82.5 Å². The van der Waals surface area contributed by atoms with Crippen molar-refractivity contribution < 1.29 is 12.9 Å². The molecule has 0 radical (unpaired) electrons. The Morgan fingerprint density at radius 3 is 2.16 bits per heavy atom. The van der Waals surface area contributed by atoms with Gasteiger partial charge in [0, 0.05) is 55.8 Å². The molecule has 2 aromatic carbocycles. The Bertz CT molecular complexity index is 1300. The van der Waals surface area contributed by atoms with Crippen molar-refractivity contribution in [1.82, 2.24) is 14.4 Å². The molecule has 31 heavy (non-hydrogen) atoms. The van der Waals surface area contributed by atoms with E-state index in [4.69, 9.17) is 10.3 Å². The SMILES string of the molecule is CN(C)S(=O)(=O)c1ccc(-c2cncc(-c3cc(-c4ccc(CN)cc4)no3)c2)cc1. The normalized spacial score (nSPS) is 11.7. The molecule has 158 valence electrons. The van der Waals surface area contributed by atoms with Crippen molar-refractivity contribution in [3.8, 4) is 33.7 Å². The Morgan fingerprint density at radius 2 is 1.52 bits per heavy atom. The summed E-state index contributed by atoms with van der Waals surface area (Å²) in [4.78, 5) is 4.55. The van der Waals surface area contributed by atoms with Gasteiger partial charge < -0.3 is 10.3 Å². The minimum Gasteiger partial charge on any atom is -0.356 e. The maximum Gasteiger partial charge on any atom is 0.242 e. The van der Waals surface area contributed by atoms with Crippen molar-refractivity contribution in [3.63, 3.8) is 0 Å². The van der Waals surface area contributed by atoms with Gasteiger partial charge in [0.1, 0.15) is 5.69 Å². The van der Waals surface area contributed by atoms with Crippen molar-refractivity contribution in [1.29, 1.82) is 0 Å². The van der Waals surface area contributed by atoms with E-state index in [-0.39, 0.29) is 4.90 Å². The molecule has 2 aromatic heterocycles. The molecule has 4 aromatic rings. The Hall–Kier alpha value is -3.33. The highest BCUT2D eigenvalue weighted by atomic mass is 32.2. The lowest BCUT2D eigenvalue weighted by atomic mass is 10.0. The molecule has 0 spiro atoms. The van der Waals surface area contributed by atoms with Gasteiger partial charge in [0.05, 0.1) is 4.90 Å². The van der Waals surface area contributed by atoms with Crippen LogP contribution in [0.5, 0.6) is 0 Å². The molecule has 0 aliphatic rings. The number of pyridine rings is 1. The summed E-state index contributed by atoms with van der Waals surface area (Å²) in [5, 5.41) is 4.17. The number of aromatic nitrogens is 2. The summed E-state index contributed by atoms with van der Waals surface area (Å²) in [7, 11) is -0.450. The van der Waals surface area contributed by atoms with Crippen LogP contribution in [-0.4, -0.2) is 37.0 Å². The van der Waals surface area contributed by atoms with Gasteiger partial charge in [-0.1, -0.05) is 41.6 Å². The molecule has 7 nitrogen and oxygen atoms in total. The van der Waals surface area contributed by atoms with Gasteiger partial charge in [-0.15, -0.1) is 0 Å². The van der Waals surface area contributed by atoms with Crippen LogP contribution >= 0.6 is 0 Å². The summed E-state index contributed by atoms with van der Waals surface area (Å²) in [6.45, 7) is 0.491. The molecule has 8 heteroatoms. The van der Waals surface area contributed by atoms with E-state index in [1.54, 1.807) is 36.7 Å². The summed E-state index contributed by atoms with van der Waals surface area (Å²) in [6, 6.07) is 18.4. The minimum absolute atomic E-state index is 0.242. The predicted octanol–water partition coefficient (Wildman–Crippen LogP) is 3.78. The maximum absolute atomic E-state index is 12.3. The molecule has 0 atom stereocenters. The average molecular weight is 435 g/mol. The first kappa shape index (κ1) is 20.9. The number of sulfonamides is 1. The summed E-state index contributed by atoms with van der Waals surface area (Å²) in [6.07, 6.45) is 3.43. The van der Waals surface area contributed by atoms with Gasteiger partial charge in [-0.3, -0.25) is 4.98 Å². The van der Waals surface area contributed by atoms with Gasteiger partial charge in [-0.25, -0.2) is 12.7 Å². The zero-order chi connectivity index (χ0) is 22.0. The van der Waals surface area contributed by atoms with Crippen LogP contribution < -0.4 is 5.73 Å². The minimum atomic E-state index is -3.47. The van der Waals surface area contributed by atoms with E-state index in [1.165, 1.54) is 18.4 Å². The van der Waals surface area contributed by atoms with Crippen LogP contribution in [0, 0.1) is 0 Å². The fraction of sp³-hybridized carbons (Fsp3) is 0.130. The van der Waals surface area contributed by atoms with Crippen LogP contribution in [-0.2, 0) is 16.6 Å². The summed E-state index contributed by atoms with van der Waals surface area (Å²) < 4.78 is 31.3. The Labute approximate surface area is 181 Å². The second kappa shape index (κ2) is 8.43. The van der Waals surface area contributed by atoms with Crippen molar-refractivity contribution in [2.75, 3.05) is 14.1 Å². The van der Waals surface area contributed by atoms with Crippen molar-refractivity contribution in [2.45, 2.75) is 11.4 Å². The molecule has 2 N–H and O–H groups in total. The zero-order valence-corrected chi connectivity index (χ0v) is 18.0. The molecule has 0 amide bonds. The first-order chi connectivity index (χ1) is 14.9. The van der Waals surface area contributed by atoms with Gasteiger partial charge in [-0.2, -0.15) is 0 Å². The summed E-state index contributed by atoms with van der Waals surface area (Å²) in [5.74, 6) is 0.596.